The van der Waals surface area contributed by atoms with E-state index in [0.717, 1.165) is 23.4 Å². The molecule has 4 rings (SSSR count). The molecule has 0 N–H and O–H groups in total. The Hall–Kier alpha value is -0.330. The summed E-state index contributed by atoms with van der Waals surface area (Å²) in [6.07, 6.45) is 2.34. The van der Waals surface area contributed by atoms with Gasteiger partial charge < -0.3 is 14.2 Å². The van der Waals surface area contributed by atoms with E-state index < -0.39 is 0 Å². The van der Waals surface area contributed by atoms with Crippen molar-refractivity contribution in [3.8, 4) is 5.75 Å². The molecule has 3 nitrogen and oxygen atoms in total. The van der Waals surface area contributed by atoms with Crippen LogP contribution in [-0.4, -0.2) is 30.4 Å². The van der Waals surface area contributed by atoms with Gasteiger partial charge in [-0.15, -0.1) is 0 Å². The van der Waals surface area contributed by atoms with Gasteiger partial charge in [0.05, 0.1) is 32.5 Å². The minimum Gasteiger partial charge on any atom is -0.497 e. The van der Waals surface area contributed by atoms with Gasteiger partial charge in [0.15, 0.2) is 0 Å². The normalized spacial score (nSPS) is 32.1. The van der Waals surface area contributed by atoms with E-state index >= 15 is 0 Å². The van der Waals surface area contributed by atoms with Crippen molar-refractivity contribution in [3.63, 3.8) is 0 Å². The van der Waals surface area contributed by atoms with Crippen LogP contribution in [0.4, 0.5) is 0 Å². The van der Waals surface area contributed by atoms with E-state index in [1.165, 1.54) is 18.4 Å². The predicted molar refractivity (Wildman–Crippen MR) is 81.9 cm³/mol. The van der Waals surface area contributed by atoms with Crippen molar-refractivity contribution in [2.45, 2.75) is 25.0 Å². The lowest BCUT2D eigenvalue weighted by molar-refractivity contribution is -0.0286. The fraction of sp³-hybridized carbons (Fsp3) is 0.600. The van der Waals surface area contributed by atoms with Crippen LogP contribution in [0.5, 0.6) is 5.75 Å². The molecule has 0 spiro atoms. The molecule has 3 fully saturated rings. The standard InChI is InChI=1S/C15H19IO3/c1-17-13-4-2-12(3-5-13)6-18-10-14-7-15(8-14,9-16)19-11-14/h2-5H,6-11H2,1H3. The molecule has 3 aliphatic rings. The van der Waals surface area contributed by atoms with Gasteiger partial charge >= 0.3 is 0 Å². The average Bonchev–Trinajstić information content (AvgIpc) is 2.95. The number of fused-ring (bicyclic) bond motifs is 1. The van der Waals surface area contributed by atoms with Gasteiger partial charge in [-0.1, -0.05) is 34.7 Å². The number of hydrogen-bond acceptors (Lipinski definition) is 3. The minimum absolute atomic E-state index is 0.185. The highest BCUT2D eigenvalue weighted by atomic mass is 127. The number of methoxy groups -OCH3 is 1. The molecule has 2 heterocycles. The molecule has 0 amide bonds. The zero-order valence-electron chi connectivity index (χ0n) is 11.2. The summed E-state index contributed by atoms with van der Waals surface area (Å²) >= 11 is 2.43. The third-order valence-electron chi connectivity index (χ3n) is 4.16. The van der Waals surface area contributed by atoms with Crippen molar-refractivity contribution < 1.29 is 14.2 Å². The van der Waals surface area contributed by atoms with E-state index in [9.17, 15) is 0 Å². The van der Waals surface area contributed by atoms with Crippen molar-refractivity contribution in [1.82, 2.24) is 0 Å². The second-order valence-electron chi connectivity index (χ2n) is 5.80. The van der Waals surface area contributed by atoms with Crippen molar-refractivity contribution >= 4 is 22.6 Å². The van der Waals surface area contributed by atoms with Crippen LogP contribution in [0.2, 0.25) is 0 Å². The maximum absolute atomic E-state index is 5.90. The molecule has 1 aliphatic carbocycles. The second kappa shape index (κ2) is 5.22. The summed E-state index contributed by atoms with van der Waals surface area (Å²) in [6.45, 7) is 2.36. The Morgan fingerprint density at radius 3 is 2.58 bits per heavy atom. The van der Waals surface area contributed by atoms with Crippen molar-refractivity contribution in [2.75, 3.05) is 24.8 Å². The molecule has 1 saturated carbocycles. The molecule has 2 bridgehead atoms. The summed E-state index contributed by atoms with van der Waals surface area (Å²) in [7, 11) is 1.68. The largest absolute Gasteiger partial charge is 0.497 e. The van der Waals surface area contributed by atoms with Gasteiger partial charge in [0, 0.05) is 9.84 Å². The Kier molecular flexibility index (Phi) is 3.75. The number of ether oxygens (including phenoxy) is 3. The van der Waals surface area contributed by atoms with Gasteiger partial charge in [-0.25, -0.2) is 0 Å². The Labute approximate surface area is 127 Å². The molecule has 0 unspecified atom stereocenters. The molecule has 1 aromatic rings. The maximum atomic E-state index is 5.90. The fourth-order valence-electron chi connectivity index (χ4n) is 3.21. The van der Waals surface area contributed by atoms with Crippen molar-refractivity contribution in [3.05, 3.63) is 29.8 Å². The topological polar surface area (TPSA) is 27.7 Å². The first kappa shape index (κ1) is 13.6. The molecule has 0 aromatic heterocycles. The number of alkyl halides is 1. The SMILES string of the molecule is COc1ccc(COCC23COC(CI)(C2)C3)cc1. The molecule has 1 aromatic carbocycles. The lowest BCUT2D eigenvalue weighted by Gasteiger charge is -2.43. The second-order valence-corrected chi connectivity index (χ2v) is 6.56. The third kappa shape index (κ3) is 2.62. The van der Waals surface area contributed by atoms with Crippen LogP contribution < -0.4 is 4.74 Å². The van der Waals surface area contributed by atoms with E-state index in [4.69, 9.17) is 14.2 Å². The predicted octanol–water partition coefficient (Wildman–Crippen LogP) is 3.20. The first-order valence-electron chi connectivity index (χ1n) is 6.60. The van der Waals surface area contributed by atoms with Crippen LogP contribution >= 0.6 is 22.6 Å². The summed E-state index contributed by atoms with van der Waals surface area (Å²) < 4.78 is 18.0. The van der Waals surface area contributed by atoms with Crippen molar-refractivity contribution in [1.29, 1.82) is 0 Å². The average molecular weight is 374 g/mol. The lowest BCUT2D eigenvalue weighted by atomic mass is 9.64. The number of rotatable bonds is 6. The monoisotopic (exact) mass is 374 g/mol. The van der Waals surface area contributed by atoms with Gasteiger partial charge in [0.25, 0.3) is 0 Å². The van der Waals surface area contributed by atoms with Crippen LogP contribution in [0, 0.1) is 5.41 Å². The maximum Gasteiger partial charge on any atom is 0.118 e. The molecule has 104 valence electrons. The van der Waals surface area contributed by atoms with Crippen molar-refractivity contribution in [2.24, 2.45) is 5.41 Å². The molecule has 19 heavy (non-hydrogen) atoms. The highest BCUT2D eigenvalue weighted by Gasteiger charge is 2.61. The third-order valence-corrected chi connectivity index (χ3v) is 5.55. The summed E-state index contributed by atoms with van der Waals surface area (Å²) in [6, 6.07) is 8.05. The highest BCUT2D eigenvalue weighted by molar-refractivity contribution is 14.1. The Bertz CT molecular complexity index is 437. The summed E-state index contributed by atoms with van der Waals surface area (Å²) in [4.78, 5) is 0. The molecular weight excluding hydrogens is 355 g/mol. The van der Waals surface area contributed by atoms with Crippen LogP contribution in [0.25, 0.3) is 0 Å². The fourth-order valence-corrected chi connectivity index (χ4v) is 3.97. The summed E-state index contributed by atoms with van der Waals surface area (Å²) in [5, 5.41) is 0. The minimum atomic E-state index is 0.185. The van der Waals surface area contributed by atoms with E-state index in [-0.39, 0.29) is 5.60 Å². The first-order chi connectivity index (χ1) is 9.19. The van der Waals surface area contributed by atoms with Gasteiger partial charge in [-0.3, -0.25) is 0 Å². The van der Waals surface area contributed by atoms with Crippen LogP contribution in [0.1, 0.15) is 18.4 Å². The highest BCUT2D eigenvalue weighted by Crippen LogP contribution is 2.58. The molecule has 2 saturated heterocycles. The zero-order chi connectivity index (χ0) is 13.3. The van der Waals surface area contributed by atoms with Gasteiger partial charge in [-0.05, 0) is 30.5 Å². The molecule has 4 heteroatoms. The van der Waals surface area contributed by atoms with E-state index in [1.54, 1.807) is 7.11 Å². The number of benzene rings is 1. The Morgan fingerprint density at radius 1 is 1.26 bits per heavy atom. The summed E-state index contributed by atoms with van der Waals surface area (Å²) in [5.74, 6) is 0.886. The summed E-state index contributed by atoms with van der Waals surface area (Å²) in [5.41, 5.74) is 1.68. The Morgan fingerprint density at radius 2 is 2.00 bits per heavy atom. The van der Waals surface area contributed by atoms with Crippen LogP contribution in [-0.2, 0) is 16.1 Å². The smallest absolute Gasteiger partial charge is 0.118 e. The molecule has 0 atom stereocenters. The van der Waals surface area contributed by atoms with Crippen LogP contribution in [0.15, 0.2) is 24.3 Å². The first-order valence-corrected chi connectivity index (χ1v) is 8.13. The Balaban J connectivity index is 1.46. The van der Waals surface area contributed by atoms with Gasteiger partial charge in [0.2, 0.25) is 0 Å². The molecular formula is C15H19IO3. The molecule has 0 radical (unpaired) electrons. The van der Waals surface area contributed by atoms with E-state index in [2.05, 4.69) is 34.7 Å². The van der Waals surface area contributed by atoms with Gasteiger partial charge in [-0.2, -0.15) is 0 Å². The number of hydrogen-bond donors (Lipinski definition) is 0. The van der Waals surface area contributed by atoms with E-state index in [0.29, 0.717) is 12.0 Å². The van der Waals surface area contributed by atoms with Gasteiger partial charge in [0.1, 0.15) is 5.75 Å². The number of halogens is 1. The lowest BCUT2D eigenvalue weighted by Crippen LogP contribution is -2.47. The van der Waals surface area contributed by atoms with Crippen LogP contribution in [0.3, 0.4) is 0 Å². The van der Waals surface area contributed by atoms with E-state index in [1.807, 2.05) is 12.1 Å². The quantitative estimate of drug-likeness (QED) is 0.566. The zero-order valence-corrected chi connectivity index (χ0v) is 13.3. The molecule has 2 aliphatic heterocycles.